The number of phenolic OH excluding ortho intramolecular Hbond substituents is 1. The van der Waals surface area contributed by atoms with Crippen molar-refractivity contribution in [2.75, 3.05) is 11.9 Å². The van der Waals surface area contributed by atoms with Crippen LogP contribution in [0.3, 0.4) is 0 Å². The molecule has 0 spiro atoms. The highest BCUT2D eigenvalue weighted by Crippen LogP contribution is 2.38. The second kappa shape index (κ2) is 12.7. The number of phenols is 1. The number of anilines is 1. The minimum Gasteiger partial charge on any atom is -0.504 e. The van der Waals surface area contributed by atoms with E-state index in [1.54, 1.807) is 6.92 Å². The van der Waals surface area contributed by atoms with Crippen LogP contribution >= 0.6 is 23.2 Å². The summed E-state index contributed by atoms with van der Waals surface area (Å²) < 4.78 is 5.86. The van der Waals surface area contributed by atoms with Gasteiger partial charge in [0.2, 0.25) is 5.91 Å². The van der Waals surface area contributed by atoms with Crippen LogP contribution in [0.25, 0.3) is 0 Å². The Hall–Kier alpha value is -1.91. The van der Waals surface area contributed by atoms with Gasteiger partial charge in [-0.1, -0.05) is 80.4 Å². The van der Waals surface area contributed by atoms with Crippen LogP contribution in [0.15, 0.2) is 30.3 Å². The number of aromatic hydroxyl groups is 1. The maximum atomic E-state index is 12.3. The van der Waals surface area contributed by atoms with E-state index in [1.165, 1.54) is 43.7 Å². The SMILES string of the molecule is CCCCCCCCc1ccccc1OCCC(=O)Nc1cc(Cl)c(C)c(Cl)c1O. The van der Waals surface area contributed by atoms with Crippen molar-refractivity contribution in [1.82, 2.24) is 0 Å². The molecule has 0 radical (unpaired) electrons. The van der Waals surface area contributed by atoms with Gasteiger partial charge < -0.3 is 15.2 Å². The first-order chi connectivity index (χ1) is 14.4. The molecule has 0 aromatic heterocycles. The number of para-hydroxylation sites is 1. The molecule has 0 bridgehead atoms. The van der Waals surface area contributed by atoms with Crippen LogP contribution in [0.1, 0.15) is 63.0 Å². The Bertz CT molecular complexity index is 839. The fourth-order valence-electron chi connectivity index (χ4n) is 3.21. The standard InChI is InChI=1S/C24H31Cl2NO3/c1-3-4-5-6-7-8-11-18-12-9-10-13-21(18)30-15-14-22(28)27-20-16-19(25)17(2)23(26)24(20)29/h9-10,12-13,16,29H,3-8,11,14-15H2,1-2H3,(H,27,28). The van der Waals surface area contributed by atoms with E-state index in [0.717, 1.165) is 18.6 Å². The smallest absolute Gasteiger partial charge is 0.227 e. The quantitative estimate of drug-likeness (QED) is 0.262. The van der Waals surface area contributed by atoms with Crippen LogP contribution in [-0.4, -0.2) is 17.6 Å². The van der Waals surface area contributed by atoms with Crippen LogP contribution in [0, 0.1) is 6.92 Å². The summed E-state index contributed by atoms with van der Waals surface area (Å²) in [5.74, 6) is 0.356. The minimum atomic E-state index is -0.283. The summed E-state index contributed by atoms with van der Waals surface area (Å²) >= 11 is 12.1. The predicted octanol–water partition coefficient (Wildman–Crippen LogP) is 7.32. The summed E-state index contributed by atoms with van der Waals surface area (Å²) in [5.41, 5.74) is 1.94. The number of amides is 1. The monoisotopic (exact) mass is 451 g/mol. The van der Waals surface area contributed by atoms with Crippen molar-refractivity contribution in [1.29, 1.82) is 0 Å². The molecule has 0 aliphatic carbocycles. The van der Waals surface area contributed by atoms with Gasteiger partial charge in [0.25, 0.3) is 0 Å². The van der Waals surface area contributed by atoms with Crippen LogP contribution in [0.4, 0.5) is 5.69 Å². The number of carbonyl (C=O) groups is 1. The molecular formula is C24H31Cl2NO3. The lowest BCUT2D eigenvalue weighted by atomic mass is 10.0. The van der Waals surface area contributed by atoms with E-state index in [0.29, 0.717) is 10.6 Å². The van der Waals surface area contributed by atoms with Gasteiger partial charge in [-0.25, -0.2) is 0 Å². The Balaban J connectivity index is 1.82. The Morgan fingerprint density at radius 1 is 1.10 bits per heavy atom. The highest BCUT2D eigenvalue weighted by atomic mass is 35.5. The molecule has 0 saturated carbocycles. The first-order valence-corrected chi connectivity index (χ1v) is 11.4. The summed E-state index contributed by atoms with van der Waals surface area (Å²) in [6.45, 7) is 4.17. The third-order valence-corrected chi connectivity index (χ3v) is 5.91. The maximum absolute atomic E-state index is 12.3. The predicted molar refractivity (Wildman–Crippen MR) is 125 cm³/mol. The Morgan fingerprint density at radius 2 is 1.80 bits per heavy atom. The Morgan fingerprint density at radius 3 is 2.57 bits per heavy atom. The number of hydrogen-bond donors (Lipinski definition) is 2. The average molecular weight is 452 g/mol. The van der Waals surface area contributed by atoms with Crippen molar-refractivity contribution >= 4 is 34.8 Å². The first kappa shape index (κ1) is 24.4. The lowest BCUT2D eigenvalue weighted by Gasteiger charge is -2.13. The van der Waals surface area contributed by atoms with Gasteiger partial charge in [-0.2, -0.15) is 0 Å². The molecule has 6 heteroatoms. The van der Waals surface area contributed by atoms with Crippen LogP contribution < -0.4 is 10.1 Å². The summed E-state index contributed by atoms with van der Waals surface area (Å²) in [5, 5.41) is 13.3. The lowest BCUT2D eigenvalue weighted by Crippen LogP contribution is -2.15. The van der Waals surface area contributed by atoms with Crippen molar-refractivity contribution in [3.8, 4) is 11.5 Å². The van der Waals surface area contributed by atoms with Crippen LogP contribution in [0.5, 0.6) is 11.5 Å². The maximum Gasteiger partial charge on any atom is 0.227 e. The largest absolute Gasteiger partial charge is 0.504 e. The van der Waals surface area contributed by atoms with E-state index in [9.17, 15) is 9.90 Å². The fourth-order valence-corrected chi connectivity index (χ4v) is 3.67. The number of carbonyl (C=O) groups excluding carboxylic acids is 1. The Kier molecular flexibility index (Phi) is 10.3. The second-order valence-corrected chi connectivity index (χ2v) is 8.25. The molecule has 0 saturated heterocycles. The molecular weight excluding hydrogens is 421 g/mol. The minimum absolute atomic E-state index is 0.137. The van der Waals surface area contributed by atoms with E-state index in [2.05, 4.69) is 18.3 Å². The number of aryl methyl sites for hydroxylation is 1. The van der Waals surface area contributed by atoms with Gasteiger partial charge in [-0.3, -0.25) is 4.79 Å². The van der Waals surface area contributed by atoms with Gasteiger partial charge in [0.05, 0.1) is 23.7 Å². The highest BCUT2D eigenvalue weighted by molar-refractivity contribution is 6.37. The molecule has 0 aliphatic rings. The number of ether oxygens (including phenoxy) is 1. The number of benzene rings is 2. The van der Waals surface area contributed by atoms with Crippen LogP contribution in [0.2, 0.25) is 10.0 Å². The van der Waals surface area contributed by atoms with Gasteiger partial charge in [-0.05, 0) is 43.0 Å². The molecule has 4 nitrogen and oxygen atoms in total. The molecule has 2 aromatic rings. The van der Waals surface area contributed by atoms with Crippen molar-refractivity contribution in [2.45, 2.75) is 65.2 Å². The average Bonchev–Trinajstić information content (AvgIpc) is 2.74. The molecule has 0 heterocycles. The lowest BCUT2D eigenvalue weighted by molar-refractivity contribution is -0.116. The summed E-state index contributed by atoms with van der Waals surface area (Å²) in [6, 6.07) is 9.46. The summed E-state index contributed by atoms with van der Waals surface area (Å²) in [7, 11) is 0. The number of hydrogen-bond acceptors (Lipinski definition) is 3. The molecule has 2 N–H and O–H groups in total. The number of unbranched alkanes of at least 4 members (excludes halogenated alkanes) is 5. The van der Waals surface area contributed by atoms with E-state index >= 15 is 0 Å². The van der Waals surface area contributed by atoms with Gasteiger partial charge in [0.1, 0.15) is 5.75 Å². The second-order valence-electron chi connectivity index (χ2n) is 7.47. The topological polar surface area (TPSA) is 58.6 Å². The zero-order valence-corrected chi connectivity index (χ0v) is 19.3. The third-order valence-electron chi connectivity index (χ3n) is 5.05. The molecule has 1 amide bonds. The van der Waals surface area contributed by atoms with Gasteiger partial charge in [0.15, 0.2) is 5.75 Å². The first-order valence-electron chi connectivity index (χ1n) is 10.6. The molecule has 0 aliphatic heterocycles. The van der Waals surface area contributed by atoms with Gasteiger partial charge in [-0.15, -0.1) is 0 Å². The van der Waals surface area contributed by atoms with Crippen molar-refractivity contribution in [3.63, 3.8) is 0 Å². The summed E-state index contributed by atoms with van der Waals surface area (Å²) in [4.78, 5) is 12.3. The molecule has 0 unspecified atom stereocenters. The van der Waals surface area contributed by atoms with Crippen LogP contribution in [-0.2, 0) is 11.2 Å². The van der Waals surface area contributed by atoms with E-state index in [4.69, 9.17) is 27.9 Å². The molecule has 164 valence electrons. The molecule has 0 atom stereocenters. The van der Waals surface area contributed by atoms with Crippen molar-refractivity contribution < 1.29 is 14.6 Å². The highest BCUT2D eigenvalue weighted by Gasteiger charge is 2.14. The number of nitrogens with one attached hydrogen (secondary N) is 1. The fraction of sp³-hybridized carbons (Fsp3) is 0.458. The number of halogens is 2. The van der Waals surface area contributed by atoms with Gasteiger partial charge in [0, 0.05) is 5.02 Å². The van der Waals surface area contributed by atoms with E-state index in [-0.39, 0.29) is 35.4 Å². The summed E-state index contributed by atoms with van der Waals surface area (Å²) in [6.07, 6.45) is 8.62. The van der Waals surface area contributed by atoms with E-state index < -0.39 is 0 Å². The molecule has 2 aromatic carbocycles. The normalized spacial score (nSPS) is 10.8. The van der Waals surface area contributed by atoms with Crippen molar-refractivity contribution in [3.05, 3.63) is 51.5 Å². The number of rotatable bonds is 12. The zero-order valence-electron chi connectivity index (χ0n) is 17.8. The Labute approximate surface area is 189 Å². The van der Waals surface area contributed by atoms with E-state index in [1.807, 2.05) is 18.2 Å². The molecule has 2 rings (SSSR count). The zero-order chi connectivity index (χ0) is 21.9. The van der Waals surface area contributed by atoms with Crippen molar-refractivity contribution in [2.24, 2.45) is 0 Å². The van der Waals surface area contributed by atoms with Gasteiger partial charge >= 0.3 is 0 Å². The third kappa shape index (κ3) is 7.41. The molecule has 0 fully saturated rings. The molecule has 30 heavy (non-hydrogen) atoms.